The molecule has 0 bridgehead atoms. The Morgan fingerprint density at radius 2 is 1.91 bits per heavy atom. The van der Waals surface area contributed by atoms with Crippen LogP contribution < -0.4 is 16.0 Å². The van der Waals surface area contributed by atoms with Gasteiger partial charge < -0.3 is 16.0 Å². The number of halogens is 3. The third-order valence-electron chi connectivity index (χ3n) is 4.96. The molecule has 0 amide bonds. The first-order valence-electron chi connectivity index (χ1n) is 7.86. The summed E-state index contributed by atoms with van der Waals surface area (Å²) in [5, 5.41) is 2.77. The minimum atomic E-state index is -2.63. The zero-order valence-corrected chi connectivity index (χ0v) is 12.5. The Hall–Kier alpha value is -1.43. The Kier molecular flexibility index (Phi) is 4.21. The Morgan fingerprint density at radius 3 is 2.55 bits per heavy atom. The molecule has 2 heterocycles. The van der Waals surface area contributed by atoms with Crippen LogP contribution in [0.4, 0.5) is 24.5 Å². The largest absolute Gasteiger partial charge is 0.399 e. The van der Waals surface area contributed by atoms with Crippen molar-refractivity contribution >= 4 is 11.4 Å². The van der Waals surface area contributed by atoms with Gasteiger partial charge in [0, 0.05) is 24.7 Å². The summed E-state index contributed by atoms with van der Waals surface area (Å²) in [4.78, 5) is 1.94. The van der Waals surface area contributed by atoms with Crippen LogP contribution in [0.5, 0.6) is 0 Å². The topological polar surface area (TPSA) is 41.3 Å². The SMILES string of the molecule is Nc1ccc(N2CCC(C3CCNCC3(F)F)CC2)c(F)c1. The Bertz CT molecular complexity index is 527. The van der Waals surface area contributed by atoms with Crippen molar-refractivity contribution in [2.45, 2.75) is 25.2 Å². The molecule has 2 fully saturated rings. The normalized spacial score (nSPS) is 26.1. The Balaban J connectivity index is 1.65. The van der Waals surface area contributed by atoms with Crippen molar-refractivity contribution < 1.29 is 13.2 Å². The second-order valence-electron chi connectivity index (χ2n) is 6.37. The lowest BCUT2D eigenvalue weighted by Crippen LogP contribution is -2.50. The van der Waals surface area contributed by atoms with Gasteiger partial charge in [0.2, 0.25) is 0 Å². The van der Waals surface area contributed by atoms with Gasteiger partial charge in [-0.25, -0.2) is 13.2 Å². The molecule has 3 N–H and O–H groups in total. The van der Waals surface area contributed by atoms with Crippen molar-refractivity contribution in [3.05, 3.63) is 24.0 Å². The summed E-state index contributed by atoms with van der Waals surface area (Å²) in [6, 6.07) is 4.65. The van der Waals surface area contributed by atoms with Crippen LogP contribution in [0, 0.1) is 17.7 Å². The summed E-state index contributed by atoms with van der Waals surface area (Å²) >= 11 is 0. The van der Waals surface area contributed by atoms with E-state index < -0.39 is 11.8 Å². The van der Waals surface area contributed by atoms with Gasteiger partial charge in [-0.1, -0.05) is 0 Å². The Morgan fingerprint density at radius 1 is 1.18 bits per heavy atom. The first-order valence-corrected chi connectivity index (χ1v) is 7.86. The summed E-state index contributed by atoms with van der Waals surface area (Å²) in [6.07, 6.45) is 1.89. The van der Waals surface area contributed by atoms with Gasteiger partial charge in [-0.2, -0.15) is 0 Å². The lowest BCUT2D eigenvalue weighted by atomic mass is 9.77. The number of alkyl halides is 2. The molecule has 3 rings (SSSR count). The summed E-state index contributed by atoms with van der Waals surface area (Å²) in [7, 11) is 0. The van der Waals surface area contributed by atoms with Crippen LogP contribution in [-0.4, -0.2) is 32.1 Å². The average molecular weight is 313 g/mol. The van der Waals surface area contributed by atoms with Crippen LogP contribution >= 0.6 is 0 Å². The van der Waals surface area contributed by atoms with Crippen molar-refractivity contribution in [2.24, 2.45) is 11.8 Å². The van der Waals surface area contributed by atoms with E-state index in [0.29, 0.717) is 50.3 Å². The van der Waals surface area contributed by atoms with E-state index in [1.54, 1.807) is 12.1 Å². The van der Waals surface area contributed by atoms with E-state index in [1.807, 2.05) is 4.90 Å². The number of nitrogen functional groups attached to an aromatic ring is 1. The number of nitrogens with two attached hydrogens (primary N) is 1. The fourth-order valence-corrected chi connectivity index (χ4v) is 3.76. The molecule has 1 aromatic rings. The van der Waals surface area contributed by atoms with Gasteiger partial charge in [-0.15, -0.1) is 0 Å². The number of anilines is 2. The van der Waals surface area contributed by atoms with Gasteiger partial charge in [-0.05, 0) is 49.9 Å². The smallest absolute Gasteiger partial charge is 0.263 e. The van der Waals surface area contributed by atoms with Crippen LogP contribution in [0.25, 0.3) is 0 Å². The first-order chi connectivity index (χ1) is 10.5. The van der Waals surface area contributed by atoms with Gasteiger partial charge in [0.05, 0.1) is 12.2 Å². The minimum absolute atomic E-state index is 0.0187. The lowest BCUT2D eigenvalue weighted by molar-refractivity contribution is -0.0981. The van der Waals surface area contributed by atoms with Gasteiger partial charge in [0.1, 0.15) is 5.82 Å². The van der Waals surface area contributed by atoms with Crippen LogP contribution in [0.3, 0.4) is 0 Å². The lowest BCUT2D eigenvalue weighted by Gasteiger charge is -2.42. The molecule has 0 spiro atoms. The van der Waals surface area contributed by atoms with Crippen LogP contribution in [0.2, 0.25) is 0 Å². The maximum Gasteiger partial charge on any atom is 0.263 e. The monoisotopic (exact) mass is 313 g/mol. The maximum atomic E-state index is 14.0. The third kappa shape index (κ3) is 3.02. The van der Waals surface area contributed by atoms with E-state index >= 15 is 0 Å². The zero-order valence-electron chi connectivity index (χ0n) is 12.5. The molecular weight excluding hydrogens is 291 g/mol. The fourth-order valence-electron chi connectivity index (χ4n) is 3.76. The number of rotatable bonds is 2. The molecule has 3 nitrogen and oxygen atoms in total. The molecule has 1 aromatic carbocycles. The van der Waals surface area contributed by atoms with Gasteiger partial charge >= 0.3 is 0 Å². The highest BCUT2D eigenvalue weighted by Crippen LogP contribution is 2.40. The second kappa shape index (κ2) is 5.99. The van der Waals surface area contributed by atoms with Crippen molar-refractivity contribution in [3.8, 4) is 0 Å². The highest BCUT2D eigenvalue weighted by molar-refractivity contribution is 5.54. The number of piperidine rings is 2. The van der Waals surface area contributed by atoms with Gasteiger partial charge in [-0.3, -0.25) is 0 Å². The third-order valence-corrected chi connectivity index (χ3v) is 4.96. The number of hydrogen-bond acceptors (Lipinski definition) is 3. The number of nitrogens with one attached hydrogen (secondary N) is 1. The number of nitrogens with zero attached hydrogens (tertiary/aromatic N) is 1. The van der Waals surface area contributed by atoms with E-state index in [2.05, 4.69) is 5.32 Å². The van der Waals surface area contributed by atoms with Crippen molar-refractivity contribution in [1.82, 2.24) is 5.32 Å². The molecular formula is C16H22F3N3. The van der Waals surface area contributed by atoms with E-state index in [9.17, 15) is 13.2 Å². The predicted octanol–water partition coefficient (Wildman–Crippen LogP) is 2.87. The number of hydrogen-bond donors (Lipinski definition) is 2. The number of benzene rings is 1. The standard InChI is InChI=1S/C16H22F3N3/c17-14-9-12(20)1-2-15(14)22-7-4-11(5-8-22)13-3-6-21-10-16(13,18)19/h1-2,9,11,13,21H,3-8,10,20H2. The van der Waals surface area contributed by atoms with Gasteiger partial charge in [0.25, 0.3) is 5.92 Å². The van der Waals surface area contributed by atoms with E-state index in [1.165, 1.54) is 6.07 Å². The van der Waals surface area contributed by atoms with Gasteiger partial charge in [0.15, 0.2) is 0 Å². The summed E-state index contributed by atoms with van der Waals surface area (Å²) in [6.45, 7) is 1.68. The van der Waals surface area contributed by atoms with E-state index in [4.69, 9.17) is 5.73 Å². The van der Waals surface area contributed by atoms with Crippen LogP contribution in [0.15, 0.2) is 18.2 Å². The molecule has 0 aliphatic carbocycles. The summed E-state index contributed by atoms with van der Waals surface area (Å²) in [5.74, 6) is -3.50. The molecule has 22 heavy (non-hydrogen) atoms. The molecule has 0 aromatic heterocycles. The molecule has 1 unspecified atom stereocenters. The minimum Gasteiger partial charge on any atom is -0.399 e. The quantitative estimate of drug-likeness (QED) is 0.825. The molecule has 0 radical (unpaired) electrons. The average Bonchev–Trinajstić information content (AvgIpc) is 2.47. The van der Waals surface area contributed by atoms with Crippen molar-refractivity contribution in [3.63, 3.8) is 0 Å². The predicted molar refractivity (Wildman–Crippen MR) is 81.7 cm³/mol. The van der Waals surface area contributed by atoms with E-state index in [-0.39, 0.29) is 18.3 Å². The first kappa shape index (κ1) is 15.5. The highest BCUT2D eigenvalue weighted by atomic mass is 19.3. The second-order valence-corrected chi connectivity index (χ2v) is 6.37. The molecule has 0 saturated carbocycles. The highest BCUT2D eigenvalue weighted by Gasteiger charge is 2.46. The Labute approximate surface area is 128 Å². The molecule has 2 aliphatic heterocycles. The van der Waals surface area contributed by atoms with Crippen LogP contribution in [0.1, 0.15) is 19.3 Å². The summed E-state index contributed by atoms with van der Waals surface area (Å²) < 4.78 is 42.0. The van der Waals surface area contributed by atoms with E-state index in [0.717, 1.165) is 0 Å². The van der Waals surface area contributed by atoms with Crippen LogP contribution in [-0.2, 0) is 0 Å². The van der Waals surface area contributed by atoms with Crippen molar-refractivity contribution in [2.75, 3.05) is 36.8 Å². The molecule has 2 saturated heterocycles. The van der Waals surface area contributed by atoms with Crippen molar-refractivity contribution in [1.29, 1.82) is 0 Å². The summed E-state index contributed by atoms with van der Waals surface area (Å²) in [5.41, 5.74) is 6.47. The molecule has 122 valence electrons. The molecule has 6 heteroatoms. The zero-order chi connectivity index (χ0) is 15.7. The fraction of sp³-hybridized carbons (Fsp3) is 0.625. The maximum absolute atomic E-state index is 14.0. The molecule has 1 atom stereocenters. The molecule has 2 aliphatic rings.